The molecule has 0 saturated heterocycles. The lowest BCUT2D eigenvalue weighted by atomic mass is 9.83. The topological polar surface area (TPSA) is 12.4 Å². The molecule has 87 valence electrons. The molecule has 0 aromatic rings. The molecule has 0 spiro atoms. The van der Waals surface area contributed by atoms with Crippen molar-refractivity contribution in [3.05, 3.63) is 6.92 Å². The SMILES string of the molecule is [CH2]C(F)[SH]1CCN=C1C1CCC(C)CC1. The van der Waals surface area contributed by atoms with E-state index in [1.807, 2.05) is 0 Å². The van der Waals surface area contributed by atoms with Crippen molar-refractivity contribution >= 4 is 15.9 Å². The van der Waals surface area contributed by atoms with Crippen LogP contribution in [0.1, 0.15) is 32.6 Å². The highest BCUT2D eigenvalue weighted by Gasteiger charge is 2.31. The third-order valence-corrected chi connectivity index (χ3v) is 6.08. The molecule has 2 aliphatic rings. The van der Waals surface area contributed by atoms with Gasteiger partial charge in [0.15, 0.2) is 0 Å². The highest BCUT2D eigenvalue weighted by atomic mass is 32.2. The number of halogens is 1. The lowest BCUT2D eigenvalue weighted by molar-refractivity contribution is 0.346. The fraction of sp³-hybridized carbons (Fsp3) is 0.833. The van der Waals surface area contributed by atoms with E-state index in [0.717, 1.165) is 18.2 Å². The highest BCUT2D eigenvalue weighted by Crippen LogP contribution is 2.44. The van der Waals surface area contributed by atoms with Crippen LogP contribution in [0.4, 0.5) is 4.39 Å². The second kappa shape index (κ2) is 4.86. The molecule has 0 amide bonds. The summed E-state index contributed by atoms with van der Waals surface area (Å²) in [4.78, 5) is 4.55. The third-order valence-electron chi connectivity index (χ3n) is 3.63. The summed E-state index contributed by atoms with van der Waals surface area (Å²) in [5.41, 5.74) is -0.888. The van der Waals surface area contributed by atoms with Crippen molar-refractivity contribution in [1.29, 1.82) is 0 Å². The van der Waals surface area contributed by atoms with Crippen molar-refractivity contribution in [2.45, 2.75) is 38.1 Å². The molecule has 1 nitrogen and oxygen atoms in total. The Kier molecular flexibility index (Phi) is 3.70. The predicted molar refractivity (Wildman–Crippen MR) is 67.5 cm³/mol. The summed E-state index contributed by atoms with van der Waals surface area (Å²) in [5.74, 6) is 2.40. The summed E-state index contributed by atoms with van der Waals surface area (Å²) in [6.07, 6.45) is 5.04. The number of aliphatic imine (C=N–C) groups is 1. The first kappa shape index (κ1) is 11.4. The molecular formula is C12H21FNS. The normalized spacial score (nSPS) is 41.3. The fourth-order valence-electron chi connectivity index (χ4n) is 2.64. The minimum atomic E-state index is -0.888. The van der Waals surface area contributed by atoms with E-state index in [2.05, 4.69) is 18.8 Å². The van der Waals surface area contributed by atoms with Crippen molar-refractivity contribution in [3.63, 3.8) is 0 Å². The Hall–Kier alpha value is -0.0500. The van der Waals surface area contributed by atoms with Crippen LogP contribution in [-0.2, 0) is 0 Å². The minimum Gasteiger partial charge on any atom is -0.283 e. The van der Waals surface area contributed by atoms with Crippen LogP contribution in [-0.4, -0.2) is 22.8 Å². The van der Waals surface area contributed by atoms with Gasteiger partial charge < -0.3 is 0 Å². The number of hydrogen-bond acceptors (Lipinski definition) is 1. The first-order chi connectivity index (χ1) is 7.18. The van der Waals surface area contributed by atoms with E-state index in [-0.39, 0.29) is 0 Å². The van der Waals surface area contributed by atoms with Crippen LogP contribution in [0.5, 0.6) is 0 Å². The van der Waals surface area contributed by atoms with Crippen molar-refractivity contribution in [3.8, 4) is 0 Å². The van der Waals surface area contributed by atoms with Gasteiger partial charge in [-0.2, -0.15) is 10.9 Å². The lowest BCUT2D eigenvalue weighted by Gasteiger charge is -2.30. The van der Waals surface area contributed by atoms with Gasteiger partial charge >= 0.3 is 0 Å². The summed E-state index contributed by atoms with van der Waals surface area (Å²) in [5, 5.41) is 1.22. The lowest BCUT2D eigenvalue weighted by Crippen LogP contribution is -2.21. The van der Waals surface area contributed by atoms with Crippen LogP contribution in [0.25, 0.3) is 0 Å². The minimum absolute atomic E-state index is 0.592. The standard InChI is InChI=1S/C12H21FNS/c1-9-3-5-11(6-4-9)12-14-7-8-15(12)10(2)13/h9-11,15H,2-8H2,1H3. The maximum atomic E-state index is 13.3. The van der Waals surface area contributed by atoms with Crippen LogP contribution in [0.15, 0.2) is 4.99 Å². The Morgan fingerprint density at radius 2 is 2.07 bits per heavy atom. The zero-order chi connectivity index (χ0) is 10.8. The molecule has 1 heterocycles. The number of rotatable bonds is 2. The Balaban J connectivity index is 1.98. The van der Waals surface area contributed by atoms with Gasteiger partial charge in [0.05, 0.1) is 5.04 Å². The summed E-state index contributed by atoms with van der Waals surface area (Å²) in [6, 6.07) is 0. The predicted octanol–water partition coefficient (Wildman–Crippen LogP) is 3.36. The molecule has 0 aromatic carbocycles. The van der Waals surface area contributed by atoms with Crippen molar-refractivity contribution < 1.29 is 4.39 Å². The molecule has 15 heavy (non-hydrogen) atoms. The van der Waals surface area contributed by atoms with Crippen LogP contribution < -0.4 is 0 Å². The average Bonchev–Trinajstić information content (AvgIpc) is 2.67. The zero-order valence-corrected chi connectivity index (χ0v) is 10.3. The summed E-state index contributed by atoms with van der Waals surface area (Å²) >= 11 is 0. The van der Waals surface area contributed by atoms with Gasteiger partial charge in [0.25, 0.3) is 0 Å². The van der Waals surface area contributed by atoms with Gasteiger partial charge in [-0.25, -0.2) is 4.39 Å². The first-order valence-electron chi connectivity index (χ1n) is 5.96. The monoisotopic (exact) mass is 230 g/mol. The van der Waals surface area contributed by atoms with Gasteiger partial charge in [0.1, 0.15) is 5.50 Å². The second-order valence-electron chi connectivity index (χ2n) is 4.82. The van der Waals surface area contributed by atoms with E-state index in [9.17, 15) is 4.39 Å². The van der Waals surface area contributed by atoms with Gasteiger partial charge in [-0.15, -0.1) is 0 Å². The second-order valence-corrected chi connectivity index (χ2v) is 7.23. The van der Waals surface area contributed by atoms with E-state index in [4.69, 9.17) is 0 Å². The van der Waals surface area contributed by atoms with E-state index in [1.54, 1.807) is 0 Å². The molecule has 1 aliphatic carbocycles. The van der Waals surface area contributed by atoms with Crippen molar-refractivity contribution in [2.75, 3.05) is 12.3 Å². The van der Waals surface area contributed by atoms with Crippen LogP contribution in [0.2, 0.25) is 0 Å². The van der Waals surface area contributed by atoms with E-state index < -0.39 is 16.4 Å². The van der Waals surface area contributed by atoms with Gasteiger partial charge in [-0.05, 0) is 25.7 Å². The molecule has 1 saturated carbocycles. The van der Waals surface area contributed by atoms with Crippen LogP contribution >= 0.6 is 10.9 Å². The summed E-state index contributed by atoms with van der Waals surface area (Å²) in [6.45, 7) is 6.73. The molecule has 1 fully saturated rings. The fourth-order valence-corrected chi connectivity index (χ4v) is 4.76. The van der Waals surface area contributed by atoms with E-state index >= 15 is 0 Å². The molecule has 0 N–H and O–H groups in total. The number of hydrogen-bond donors (Lipinski definition) is 1. The Morgan fingerprint density at radius 1 is 1.40 bits per heavy atom. The quantitative estimate of drug-likeness (QED) is 0.698. The van der Waals surface area contributed by atoms with Crippen molar-refractivity contribution in [2.24, 2.45) is 16.8 Å². The molecule has 0 bridgehead atoms. The van der Waals surface area contributed by atoms with Gasteiger partial charge in [-0.3, -0.25) is 4.99 Å². The molecule has 0 aromatic heterocycles. The largest absolute Gasteiger partial charge is 0.283 e. The maximum absolute atomic E-state index is 13.3. The number of alkyl halides is 1. The van der Waals surface area contributed by atoms with Crippen LogP contribution in [0.3, 0.4) is 0 Å². The average molecular weight is 230 g/mol. The van der Waals surface area contributed by atoms with Gasteiger partial charge in [-0.1, -0.05) is 19.8 Å². The van der Waals surface area contributed by atoms with Gasteiger partial charge in [0.2, 0.25) is 0 Å². The van der Waals surface area contributed by atoms with Crippen LogP contribution in [0, 0.1) is 18.8 Å². The Morgan fingerprint density at radius 3 is 2.67 bits per heavy atom. The maximum Gasteiger partial charge on any atom is 0.133 e. The molecule has 1 radical (unpaired) electrons. The number of thiol groups is 1. The summed E-state index contributed by atoms with van der Waals surface area (Å²) < 4.78 is 13.3. The molecule has 3 heteroatoms. The van der Waals surface area contributed by atoms with E-state index in [1.165, 1.54) is 30.7 Å². The Bertz CT molecular complexity index is 244. The number of nitrogens with zero attached hydrogens (tertiary/aromatic N) is 1. The summed E-state index contributed by atoms with van der Waals surface area (Å²) in [7, 11) is -0.632. The third kappa shape index (κ3) is 2.55. The zero-order valence-electron chi connectivity index (χ0n) is 9.45. The Labute approximate surface area is 94.9 Å². The molecule has 2 atom stereocenters. The first-order valence-corrected chi connectivity index (χ1v) is 7.56. The molecule has 1 aliphatic heterocycles. The smallest absolute Gasteiger partial charge is 0.133 e. The van der Waals surface area contributed by atoms with Crippen molar-refractivity contribution in [1.82, 2.24) is 0 Å². The van der Waals surface area contributed by atoms with Gasteiger partial charge in [0, 0.05) is 18.2 Å². The molecular weight excluding hydrogens is 209 g/mol. The molecule has 2 rings (SSSR count). The van der Waals surface area contributed by atoms with E-state index in [0.29, 0.717) is 5.92 Å². The highest BCUT2D eigenvalue weighted by molar-refractivity contribution is 8.30. The molecule has 2 unspecified atom stereocenters.